The molecule has 1 aliphatic rings. The molecule has 0 spiro atoms. The minimum Gasteiger partial charge on any atom is -0.322 e. The molecule has 0 amide bonds. The van der Waals surface area contributed by atoms with Gasteiger partial charge in [0.05, 0.1) is 11.4 Å². The van der Waals surface area contributed by atoms with E-state index in [1.165, 1.54) is 23.3 Å². The van der Waals surface area contributed by atoms with E-state index in [1.54, 1.807) is 0 Å². The number of anilines is 1. The van der Waals surface area contributed by atoms with Crippen molar-refractivity contribution in [3.63, 3.8) is 0 Å². The van der Waals surface area contributed by atoms with Crippen LogP contribution in [0, 0.1) is 6.92 Å². The van der Waals surface area contributed by atoms with Crippen LogP contribution in [0.5, 0.6) is 0 Å². The first kappa shape index (κ1) is 18.9. The number of ketones is 1. The summed E-state index contributed by atoms with van der Waals surface area (Å²) in [5, 5.41) is 1.95. The Hall–Kier alpha value is -1.46. The van der Waals surface area contributed by atoms with Gasteiger partial charge in [-0.05, 0) is 48.9 Å². The summed E-state index contributed by atoms with van der Waals surface area (Å²) in [5.74, 6) is 1.21. The predicted octanol–water partition coefficient (Wildman–Crippen LogP) is 5.30. The molecule has 5 heteroatoms. The summed E-state index contributed by atoms with van der Waals surface area (Å²) in [4.78, 5) is 20.3. The number of thiophene rings is 1. The van der Waals surface area contributed by atoms with Gasteiger partial charge in [-0.25, -0.2) is 0 Å². The Morgan fingerprint density at radius 3 is 2.83 bits per heavy atom. The van der Waals surface area contributed by atoms with Gasteiger partial charge in [-0.3, -0.25) is 9.79 Å². The number of benzene rings is 1. The number of amidine groups is 1. The maximum Gasteiger partial charge on any atom is 0.192 e. The molecule has 0 unspecified atom stereocenters. The smallest absolute Gasteiger partial charge is 0.192 e. The van der Waals surface area contributed by atoms with Crippen molar-refractivity contribution in [1.29, 1.82) is 0 Å². The quantitative estimate of drug-likeness (QED) is 0.645. The molecule has 3 rings (SSSR count). The molecule has 0 bridgehead atoms. The topological polar surface area (TPSA) is 32.7 Å². The number of hydrogen-bond acceptors (Lipinski definition) is 4. The Kier molecular flexibility index (Phi) is 7.18. The summed E-state index contributed by atoms with van der Waals surface area (Å²) >= 11 is 1.51. The summed E-state index contributed by atoms with van der Waals surface area (Å²) in [6.45, 7) is 3.31. The molecule has 0 atom stereocenters. The summed E-state index contributed by atoms with van der Waals surface area (Å²) in [5.41, 5.74) is 2.26. The minimum atomic E-state index is 0. The highest BCUT2D eigenvalue weighted by Gasteiger charge is 2.20. The van der Waals surface area contributed by atoms with Gasteiger partial charge in [-0.15, -0.1) is 28.3 Å². The predicted molar refractivity (Wildman–Crippen MR) is 108 cm³/mol. The first-order chi connectivity index (χ1) is 11.2. The normalized spacial score (nSPS) is 14.3. The zero-order valence-electron chi connectivity index (χ0n) is 13.9. The molecular weight excluding hydrogens is 384 g/mol. The molecule has 0 saturated carbocycles. The van der Waals surface area contributed by atoms with Crippen LogP contribution in [0.3, 0.4) is 0 Å². The highest BCUT2D eigenvalue weighted by Crippen LogP contribution is 2.22. The van der Waals surface area contributed by atoms with Crippen LogP contribution in [0.4, 0.5) is 5.69 Å². The number of halogens is 1. The third-order valence-corrected chi connectivity index (χ3v) is 4.99. The number of carbonyl (C=O) groups excluding carboxylic acids is 1. The average Bonchev–Trinajstić information content (AvgIpc) is 2.96. The van der Waals surface area contributed by atoms with Crippen LogP contribution in [0.2, 0.25) is 0 Å². The zero-order chi connectivity index (χ0) is 16.1. The van der Waals surface area contributed by atoms with E-state index in [-0.39, 0.29) is 22.8 Å². The van der Waals surface area contributed by atoms with Gasteiger partial charge in [0.25, 0.3) is 0 Å². The maximum absolute atomic E-state index is 12.6. The van der Waals surface area contributed by atoms with Crippen LogP contribution >= 0.6 is 28.3 Å². The fourth-order valence-corrected chi connectivity index (χ4v) is 3.52. The lowest BCUT2D eigenvalue weighted by Gasteiger charge is -2.25. The van der Waals surface area contributed by atoms with Crippen molar-refractivity contribution in [1.82, 2.24) is 0 Å². The number of rotatable bonds is 4. The van der Waals surface area contributed by atoms with E-state index in [0.29, 0.717) is 6.54 Å². The van der Waals surface area contributed by atoms with Crippen molar-refractivity contribution < 1.29 is 4.79 Å². The van der Waals surface area contributed by atoms with Gasteiger partial charge < -0.3 is 4.90 Å². The van der Waals surface area contributed by atoms with Crippen LogP contribution in [0.1, 0.15) is 40.9 Å². The Bertz CT molecular complexity index is 697. The maximum atomic E-state index is 12.6. The molecule has 2 aromatic rings. The fourth-order valence-electron chi connectivity index (χ4n) is 2.87. The summed E-state index contributed by atoms with van der Waals surface area (Å²) < 4.78 is 0. The van der Waals surface area contributed by atoms with E-state index < -0.39 is 0 Å². The first-order valence-corrected chi connectivity index (χ1v) is 9.06. The Labute approximate surface area is 158 Å². The van der Waals surface area contributed by atoms with Gasteiger partial charge in [-0.2, -0.15) is 0 Å². The highest BCUT2D eigenvalue weighted by molar-refractivity contribution is 8.93. The fraction of sp³-hybridized carbons (Fsp3) is 0.368. The van der Waals surface area contributed by atoms with Gasteiger partial charge in [-0.1, -0.05) is 24.6 Å². The second-order valence-electron chi connectivity index (χ2n) is 5.93. The molecule has 0 radical (unpaired) electrons. The molecule has 0 aliphatic carbocycles. The van der Waals surface area contributed by atoms with Crippen LogP contribution in [-0.4, -0.2) is 24.7 Å². The minimum absolute atomic E-state index is 0. The molecule has 3 nitrogen and oxygen atoms in total. The van der Waals surface area contributed by atoms with Crippen molar-refractivity contribution >= 4 is 45.6 Å². The second kappa shape index (κ2) is 9.14. The SMILES string of the molecule is Br.Cc1cccc(N(CC(=O)c2cccs2)C2=NCCCCC2)c1. The third-order valence-electron chi connectivity index (χ3n) is 4.08. The lowest BCUT2D eigenvalue weighted by molar-refractivity contribution is 0.101. The van der Waals surface area contributed by atoms with Crippen molar-refractivity contribution in [3.8, 4) is 0 Å². The van der Waals surface area contributed by atoms with Crippen LogP contribution in [0.25, 0.3) is 0 Å². The van der Waals surface area contributed by atoms with Crippen LogP contribution in [-0.2, 0) is 0 Å². The summed E-state index contributed by atoms with van der Waals surface area (Å²) in [6.07, 6.45) is 4.46. The third kappa shape index (κ3) is 4.77. The Morgan fingerprint density at radius 1 is 1.21 bits per heavy atom. The number of nitrogens with zero attached hydrogens (tertiary/aromatic N) is 2. The lowest BCUT2D eigenvalue weighted by atomic mass is 10.1. The summed E-state index contributed by atoms with van der Waals surface area (Å²) in [6, 6.07) is 12.2. The molecule has 0 saturated heterocycles. The van der Waals surface area contributed by atoms with Crippen molar-refractivity contribution in [2.75, 3.05) is 18.0 Å². The standard InChI is InChI=1S/C19H22N2OS.BrH/c1-15-7-5-8-16(13-15)21(19-10-3-2-4-11-20-19)14-17(22)18-9-6-12-23-18;/h5-9,12-13H,2-4,10-11,14H2,1H3;1H. The van der Waals surface area contributed by atoms with E-state index in [9.17, 15) is 4.79 Å². The number of hydrogen-bond donors (Lipinski definition) is 0. The van der Waals surface area contributed by atoms with Crippen LogP contribution < -0.4 is 4.90 Å². The average molecular weight is 407 g/mol. The van der Waals surface area contributed by atoms with Crippen molar-refractivity contribution in [3.05, 3.63) is 52.2 Å². The highest BCUT2D eigenvalue weighted by atomic mass is 79.9. The van der Waals surface area contributed by atoms with Gasteiger partial charge in [0, 0.05) is 18.7 Å². The lowest BCUT2D eigenvalue weighted by Crippen LogP contribution is -2.35. The monoisotopic (exact) mass is 406 g/mol. The van der Waals surface area contributed by atoms with E-state index >= 15 is 0 Å². The molecule has 1 aromatic carbocycles. The van der Waals surface area contributed by atoms with Crippen molar-refractivity contribution in [2.24, 2.45) is 4.99 Å². The number of Topliss-reactive ketones (excluding diaryl/α,β-unsaturated/α-hetero) is 1. The molecule has 128 valence electrons. The van der Waals surface area contributed by atoms with E-state index in [0.717, 1.165) is 42.2 Å². The van der Waals surface area contributed by atoms with Crippen LogP contribution in [0.15, 0.2) is 46.8 Å². The molecule has 24 heavy (non-hydrogen) atoms. The molecule has 0 fully saturated rings. The molecular formula is C19H23BrN2OS. The van der Waals surface area contributed by atoms with Gasteiger partial charge in [0.1, 0.15) is 5.84 Å². The number of aliphatic imine (C=N–C) groups is 1. The van der Waals surface area contributed by atoms with Gasteiger partial charge >= 0.3 is 0 Å². The second-order valence-corrected chi connectivity index (χ2v) is 6.88. The zero-order valence-corrected chi connectivity index (χ0v) is 16.4. The number of aryl methyl sites for hydroxylation is 1. The number of carbonyl (C=O) groups is 1. The van der Waals surface area contributed by atoms with E-state index in [4.69, 9.17) is 4.99 Å². The first-order valence-electron chi connectivity index (χ1n) is 8.18. The molecule has 2 heterocycles. The molecule has 1 aromatic heterocycles. The van der Waals surface area contributed by atoms with Crippen molar-refractivity contribution in [2.45, 2.75) is 32.6 Å². The summed E-state index contributed by atoms with van der Waals surface area (Å²) in [7, 11) is 0. The largest absolute Gasteiger partial charge is 0.322 e. The Balaban J connectivity index is 0.00000208. The van der Waals surface area contributed by atoms with E-state index in [1.807, 2.05) is 23.6 Å². The van der Waals surface area contributed by atoms with Gasteiger partial charge in [0.15, 0.2) is 5.78 Å². The molecule has 1 aliphatic heterocycles. The molecule has 0 N–H and O–H groups in total. The van der Waals surface area contributed by atoms with Gasteiger partial charge in [0.2, 0.25) is 0 Å². The Morgan fingerprint density at radius 2 is 2.08 bits per heavy atom. The van der Waals surface area contributed by atoms with E-state index in [2.05, 4.69) is 30.0 Å².